The van der Waals surface area contributed by atoms with Gasteiger partial charge in [-0.1, -0.05) is 12.5 Å². The number of hydrogen-bond acceptors (Lipinski definition) is 3. The van der Waals surface area contributed by atoms with E-state index in [1.807, 2.05) is 0 Å². The number of nitrogens with zero attached hydrogens (tertiary/aromatic N) is 1. The van der Waals surface area contributed by atoms with E-state index in [4.69, 9.17) is 9.47 Å². The molecule has 4 rings (SSSR count). The first kappa shape index (κ1) is 11.7. The predicted octanol–water partition coefficient (Wildman–Crippen LogP) is 2.37. The van der Waals surface area contributed by atoms with E-state index in [2.05, 4.69) is 23.1 Å². The van der Waals surface area contributed by atoms with Gasteiger partial charge in [0.05, 0.1) is 19.3 Å². The van der Waals surface area contributed by atoms with Gasteiger partial charge in [0.25, 0.3) is 0 Å². The van der Waals surface area contributed by atoms with Crippen LogP contribution in [0.3, 0.4) is 0 Å². The summed E-state index contributed by atoms with van der Waals surface area (Å²) in [5.41, 5.74) is 2.72. The van der Waals surface area contributed by atoms with Gasteiger partial charge in [0.2, 0.25) is 0 Å². The van der Waals surface area contributed by atoms with Crippen LogP contribution >= 0.6 is 0 Å². The molecular formula is C16H21NO2. The molecule has 3 heteroatoms. The minimum atomic E-state index is 0.664. The lowest BCUT2D eigenvalue weighted by molar-refractivity contribution is 0.110. The van der Waals surface area contributed by atoms with Crippen LogP contribution in [0.15, 0.2) is 18.2 Å². The highest BCUT2D eigenvalue weighted by Gasteiger charge is 2.42. The third-order valence-electron chi connectivity index (χ3n) is 4.69. The summed E-state index contributed by atoms with van der Waals surface area (Å²) < 4.78 is 11.4. The summed E-state index contributed by atoms with van der Waals surface area (Å²) in [7, 11) is 0. The van der Waals surface area contributed by atoms with Crippen molar-refractivity contribution in [2.45, 2.75) is 44.4 Å². The Hall–Kier alpha value is -1.06. The van der Waals surface area contributed by atoms with Crippen LogP contribution in [0.2, 0.25) is 0 Å². The van der Waals surface area contributed by atoms with Crippen LogP contribution in [0.25, 0.3) is 0 Å². The molecule has 19 heavy (non-hydrogen) atoms. The van der Waals surface area contributed by atoms with Crippen LogP contribution < -0.4 is 4.74 Å². The van der Waals surface area contributed by atoms with E-state index >= 15 is 0 Å². The van der Waals surface area contributed by atoms with Crippen molar-refractivity contribution < 1.29 is 9.47 Å². The van der Waals surface area contributed by atoms with Gasteiger partial charge in [-0.3, -0.25) is 4.90 Å². The predicted molar refractivity (Wildman–Crippen MR) is 73.4 cm³/mol. The van der Waals surface area contributed by atoms with Crippen molar-refractivity contribution >= 4 is 0 Å². The molecule has 1 aromatic carbocycles. The molecule has 2 heterocycles. The zero-order valence-corrected chi connectivity index (χ0v) is 11.3. The Morgan fingerprint density at radius 1 is 1.26 bits per heavy atom. The topological polar surface area (TPSA) is 21.5 Å². The average Bonchev–Trinajstić information content (AvgIpc) is 3.13. The van der Waals surface area contributed by atoms with E-state index in [1.54, 1.807) is 0 Å². The first-order valence-electron chi connectivity index (χ1n) is 7.48. The molecule has 0 N–H and O–H groups in total. The van der Waals surface area contributed by atoms with Gasteiger partial charge in [0, 0.05) is 12.6 Å². The first-order valence-corrected chi connectivity index (χ1v) is 7.48. The maximum atomic E-state index is 5.95. The lowest BCUT2D eigenvalue weighted by Crippen LogP contribution is -2.29. The van der Waals surface area contributed by atoms with Gasteiger partial charge >= 0.3 is 0 Å². The van der Waals surface area contributed by atoms with E-state index in [0.717, 1.165) is 38.0 Å². The Morgan fingerprint density at radius 3 is 3.05 bits per heavy atom. The smallest absolute Gasteiger partial charge is 0.119 e. The Morgan fingerprint density at radius 2 is 2.21 bits per heavy atom. The molecule has 2 fully saturated rings. The van der Waals surface area contributed by atoms with E-state index in [-0.39, 0.29) is 0 Å². The summed E-state index contributed by atoms with van der Waals surface area (Å²) in [6.45, 7) is 3.67. The number of ether oxygens (including phenoxy) is 2. The second kappa shape index (κ2) is 4.80. The molecule has 3 nitrogen and oxygen atoms in total. The average molecular weight is 259 g/mol. The van der Waals surface area contributed by atoms with Crippen LogP contribution in [0.4, 0.5) is 0 Å². The van der Waals surface area contributed by atoms with Gasteiger partial charge < -0.3 is 9.47 Å². The number of fused-ring (bicyclic) bond motifs is 1. The van der Waals surface area contributed by atoms with Crippen molar-refractivity contribution in [1.82, 2.24) is 4.90 Å². The lowest BCUT2D eigenvalue weighted by Gasteiger charge is -2.27. The molecule has 0 bridgehead atoms. The monoisotopic (exact) mass is 259 g/mol. The van der Waals surface area contributed by atoms with Crippen LogP contribution in [0, 0.1) is 0 Å². The molecule has 1 saturated heterocycles. The third-order valence-corrected chi connectivity index (χ3v) is 4.69. The Bertz CT molecular complexity index is 470. The Labute approximate surface area is 114 Å². The fraction of sp³-hybridized carbons (Fsp3) is 0.625. The summed E-state index contributed by atoms with van der Waals surface area (Å²) in [4.78, 5) is 2.59. The van der Waals surface area contributed by atoms with Crippen LogP contribution in [-0.2, 0) is 17.8 Å². The Balaban J connectivity index is 1.33. The highest BCUT2D eigenvalue weighted by molar-refractivity contribution is 5.36. The fourth-order valence-electron chi connectivity index (χ4n) is 3.14. The third kappa shape index (κ3) is 2.37. The molecule has 0 aromatic heterocycles. The van der Waals surface area contributed by atoms with Crippen LogP contribution in [0.5, 0.6) is 5.75 Å². The van der Waals surface area contributed by atoms with E-state index < -0.39 is 0 Å². The molecule has 1 saturated carbocycles. The van der Waals surface area contributed by atoms with Crippen molar-refractivity contribution in [3.63, 3.8) is 0 Å². The van der Waals surface area contributed by atoms with Crippen molar-refractivity contribution in [3.05, 3.63) is 29.3 Å². The second-order valence-electron chi connectivity index (χ2n) is 5.98. The maximum Gasteiger partial charge on any atom is 0.119 e. The van der Waals surface area contributed by atoms with Gasteiger partial charge in [-0.05, 0) is 42.5 Å². The lowest BCUT2D eigenvalue weighted by atomic mass is 9.93. The molecule has 2 atom stereocenters. The molecule has 3 aliphatic rings. The molecule has 1 aliphatic carbocycles. The highest BCUT2D eigenvalue weighted by Crippen LogP contribution is 2.34. The van der Waals surface area contributed by atoms with Crippen LogP contribution in [-0.4, -0.2) is 36.7 Å². The molecule has 0 radical (unpaired) electrons. The second-order valence-corrected chi connectivity index (χ2v) is 5.98. The molecular weight excluding hydrogens is 238 g/mol. The first-order chi connectivity index (χ1) is 9.40. The minimum absolute atomic E-state index is 0.664. The van der Waals surface area contributed by atoms with Gasteiger partial charge in [-0.25, -0.2) is 0 Å². The van der Waals surface area contributed by atoms with Crippen molar-refractivity contribution in [3.8, 4) is 5.75 Å². The quantitative estimate of drug-likeness (QED) is 0.775. The molecule has 2 aliphatic heterocycles. The molecule has 0 spiro atoms. The van der Waals surface area contributed by atoms with E-state index in [0.29, 0.717) is 6.04 Å². The maximum absolute atomic E-state index is 5.95. The number of hydrogen-bond donors (Lipinski definition) is 0. The van der Waals surface area contributed by atoms with E-state index in [1.165, 1.54) is 36.9 Å². The zero-order chi connectivity index (χ0) is 12.7. The standard InChI is InChI=1S/C16H21NO2/c1-2-14(3-1)17-9-15(17)11-19-16-5-4-12-6-7-18-10-13(12)8-16/h4-5,8,14-15H,1-3,6-7,9-11H2. The molecule has 1 aromatic rings. The zero-order valence-electron chi connectivity index (χ0n) is 11.3. The summed E-state index contributed by atoms with van der Waals surface area (Å²) in [5, 5.41) is 0. The summed E-state index contributed by atoms with van der Waals surface area (Å²) in [6, 6.07) is 8.00. The van der Waals surface area contributed by atoms with Gasteiger partial charge in [-0.15, -0.1) is 0 Å². The summed E-state index contributed by atoms with van der Waals surface area (Å²) >= 11 is 0. The fourth-order valence-corrected chi connectivity index (χ4v) is 3.14. The normalized spacial score (nSPS) is 29.5. The van der Waals surface area contributed by atoms with Crippen molar-refractivity contribution in [1.29, 1.82) is 0 Å². The van der Waals surface area contributed by atoms with Gasteiger partial charge in [0.1, 0.15) is 12.4 Å². The molecule has 102 valence electrons. The van der Waals surface area contributed by atoms with E-state index in [9.17, 15) is 0 Å². The minimum Gasteiger partial charge on any atom is -0.492 e. The summed E-state index contributed by atoms with van der Waals surface area (Å²) in [6.07, 6.45) is 5.24. The van der Waals surface area contributed by atoms with Gasteiger partial charge in [0.15, 0.2) is 0 Å². The molecule has 0 amide bonds. The Kier molecular flexibility index (Phi) is 2.97. The van der Waals surface area contributed by atoms with Crippen molar-refractivity contribution in [2.24, 2.45) is 0 Å². The van der Waals surface area contributed by atoms with Crippen LogP contribution in [0.1, 0.15) is 30.4 Å². The van der Waals surface area contributed by atoms with Gasteiger partial charge in [-0.2, -0.15) is 0 Å². The largest absolute Gasteiger partial charge is 0.492 e. The number of rotatable bonds is 4. The SMILES string of the molecule is c1cc2c(cc1OCC1CN1C1CCC1)COCC2. The number of benzene rings is 1. The highest BCUT2D eigenvalue weighted by atomic mass is 16.5. The summed E-state index contributed by atoms with van der Waals surface area (Å²) in [5.74, 6) is 1.00. The van der Waals surface area contributed by atoms with Crippen molar-refractivity contribution in [2.75, 3.05) is 19.8 Å². The molecule has 2 unspecified atom stereocenters.